The van der Waals surface area contributed by atoms with Gasteiger partial charge in [-0.3, -0.25) is 9.08 Å². The van der Waals surface area contributed by atoms with E-state index in [9.17, 15) is 0 Å². The zero-order valence-electron chi connectivity index (χ0n) is 12.4. The van der Waals surface area contributed by atoms with Crippen LogP contribution in [0.2, 0.25) is 0 Å². The second-order valence-corrected chi connectivity index (χ2v) is 5.27. The van der Waals surface area contributed by atoms with Gasteiger partial charge in [0.1, 0.15) is 0 Å². The molecule has 0 aliphatic heterocycles. The molecule has 7 nitrogen and oxygen atoms in total. The normalized spacial score (nSPS) is 11.0. The number of aromatic nitrogens is 5. The highest BCUT2D eigenvalue weighted by atomic mass is 15.2. The lowest BCUT2D eigenvalue weighted by atomic mass is 10.2. The van der Waals surface area contributed by atoms with E-state index in [4.69, 9.17) is 5.26 Å². The molecule has 112 valence electrons. The lowest BCUT2D eigenvalue weighted by molar-refractivity contribution is 0.767. The topological polar surface area (TPSA) is 83.8 Å². The highest BCUT2D eigenvalue weighted by Gasteiger charge is 2.10. The first-order valence-electron chi connectivity index (χ1n) is 7.13. The summed E-state index contributed by atoms with van der Waals surface area (Å²) in [6.45, 7) is 0.604. The second kappa shape index (κ2) is 5.10. The Hall–Kier alpha value is -3.40. The van der Waals surface area contributed by atoms with E-state index in [0.29, 0.717) is 17.9 Å². The van der Waals surface area contributed by atoms with Crippen molar-refractivity contribution in [2.24, 2.45) is 7.05 Å². The molecule has 4 aromatic rings. The Balaban J connectivity index is 1.80. The number of anilines is 1. The summed E-state index contributed by atoms with van der Waals surface area (Å²) in [5.74, 6) is 0.682. The maximum atomic E-state index is 9.07. The Bertz CT molecular complexity index is 1050. The molecule has 0 bridgehead atoms. The number of hydrogen-bond donors (Lipinski definition) is 1. The second-order valence-electron chi connectivity index (χ2n) is 5.27. The Kier molecular flexibility index (Phi) is 2.95. The van der Waals surface area contributed by atoms with Gasteiger partial charge in [-0.2, -0.15) is 10.4 Å². The van der Waals surface area contributed by atoms with Crippen LogP contribution in [0.25, 0.3) is 16.7 Å². The Labute approximate surface area is 131 Å². The van der Waals surface area contributed by atoms with Crippen LogP contribution in [0.5, 0.6) is 0 Å². The maximum Gasteiger partial charge on any atom is 0.180 e. The molecule has 0 saturated heterocycles. The summed E-state index contributed by atoms with van der Waals surface area (Å²) in [5, 5.41) is 16.5. The van der Waals surface area contributed by atoms with Crippen molar-refractivity contribution in [2.75, 3.05) is 5.32 Å². The van der Waals surface area contributed by atoms with E-state index in [0.717, 1.165) is 22.2 Å². The largest absolute Gasteiger partial charge is 0.363 e. The van der Waals surface area contributed by atoms with Gasteiger partial charge in [0.2, 0.25) is 0 Å². The van der Waals surface area contributed by atoms with Crippen LogP contribution in [0.15, 0.2) is 43.0 Å². The van der Waals surface area contributed by atoms with Crippen molar-refractivity contribution < 1.29 is 0 Å². The minimum absolute atomic E-state index is 0.586. The van der Waals surface area contributed by atoms with Gasteiger partial charge in [0.05, 0.1) is 28.9 Å². The van der Waals surface area contributed by atoms with Gasteiger partial charge in [-0.25, -0.2) is 9.97 Å². The Morgan fingerprint density at radius 3 is 3.04 bits per heavy atom. The third kappa shape index (κ3) is 2.26. The molecule has 3 heterocycles. The van der Waals surface area contributed by atoms with E-state index in [-0.39, 0.29) is 0 Å². The van der Waals surface area contributed by atoms with E-state index < -0.39 is 0 Å². The number of hydrogen-bond acceptors (Lipinski definition) is 5. The number of rotatable bonds is 3. The fraction of sp³-hybridized carbons (Fsp3) is 0.125. The molecule has 0 atom stereocenters. The average molecular weight is 303 g/mol. The summed E-state index contributed by atoms with van der Waals surface area (Å²) in [7, 11) is 1.88. The SMILES string of the molecule is Cn1cc(CNc2nc3cc(C#N)ccc3n3ccnc23)cn1. The van der Waals surface area contributed by atoms with Crippen LogP contribution in [-0.2, 0) is 13.6 Å². The summed E-state index contributed by atoms with van der Waals surface area (Å²) in [6.07, 6.45) is 7.39. The number of imidazole rings is 1. The molecule has 0 fully saturated rings. The predicted octanol–water partition coefficient (Wildman–Crippen LogP) is 2.10. The maximum absolute atomic E-state index is 9.07. The zero-order valence-corrected chi connectivity index (χ0v) is 12.4. The third-order valence-corrected chi connectivity index (χ3v) is 3.67. The number of fused-ring (bicyclic) bond motifs is 3. The minimum atomic E-state index is 0.586. The molecular formula is C16H13N7. The van der Waals surface area contributed by atoms with Gasteiger partial charge < -0.3 is 5.32 Å². The number of nitrogens with one attached hydrogen (secondary N) is 1. The first kappa shape index (κ1) is 13.3. The van der Waals surface area contributed by atoms with Crippen molar-refractivity contribution in [3.05, 3.63) is 54.1 Å². The van der Waals surface area contributed by atoms with Crippen molar-refractivity contribution in [3.63, 3.8) is 0 Å². The summed E-state index contributed by atoms with van der Waals surface area (Å²) in [6, 6.07) is 7.60. The molecule has 0 unspecified atom stereocenters. The van der Waals surface area contributed by atoms with Crippen LogP contribution in [0.3, 0.4) is 0 Å². The van der Waals surface area contributed by atoms with Gasteiger partial charge in [-0.15, -0.1) is 0 Å². The lowest BCUT2D eigenvalue weighted by Crippen LogP contribution is -2.04. The molecule has 4 rings (SSSR count). The summed E-state index contributed by atoms with van der Waals surface area (Å²) >= 11 is 0. The summed E-state index contributed by atoms with van der Waals surface area (Å²) in [5.41, 5.74) is 4.07. The highest BCUT2D eigenvalue weighted by Crippen LogP contribution is 2.22. The van der Waals surface area contributed by atoms with Gasteiger partial charge >= 0.3 is 0 Å². The number of nitriles is 1. The van der Waals surface area contributed by atoms with E-state index in [2.05, 4.69) is 26.5 Å². The molecule has 23 heavy (non-hydrogen) atoms. The van der Waals surface area contributed by atoms with Gasteiger partial charge in [-0.05, 0) is 18.2 Å². The quantitative estimate of drug-likeness (QED) is 0.626. The van der Waals surface area contributed by atoms with Crippen LogP contribution in [0.4, 0.5) is 5.82 Å². The van der Waals surface area contributed by atoms with Crippen molar-refractivity contribution in [2.45, 2.75) is 6.54 Å². The van der Waals surface area contributed by atoms with Crippen LogP contribution < -0.4 is 5.32 Å². The van der Waals surface area contributed by atoms with E-state index in [1.54, 1.807) is 23.0 Å². The Morgan fingerprint density at radius 2 is 2.26 bits per heavy atom. The molecule has 0 amide bonds. The standard InChI is InChI=1S/C16H13N7/c1-22-10-12(9-20-22)8-19-15-16-18-4-5-23(16)14-3-2-11(7-17)6-13(14)21-15/h2-6,9-10H,8H2,1H3,(H,19,21). The average Bonchev–Trinajstić information content (AvgIpc) is 3.21. The molecule has 0 aliphatic rings. The van der Waals surface area contributed by atoms with E-state index in [1.165, 1.54) is 0 Å². The fourth-order valence-electron chi connectivity index (χ4n) is 2.60. The van der Waals surface area contributed by atoms with Crippen molar-refractivity contribution >= 4 is 22.5 Å². The molecule has 1 N–H and O–H groups in total. The first-order chi connectivity index (χ1) is 11.2. The van der Waals surface area contributed by atoms with Gasteiger partial charge in [0.15, 0.2) is 11.5 Å². The van der Waals surface area contributed by atoms with Crippen molar-refractivity contribution in [3.8, 4) is 6.07 Å². The van der Waals surface area contributed by atoms with Gasteiger partial charge in [-0.1, -0.05) is 0 Å². The third-order valence-electron chi connectivity index (χ3n) is 3.67. The molecular weight excluding hydrogens is 290 g/mol. The highest BCUT2D eigenvalue weighted by molar-refractivity contribution is 5.83. The number of aryl methyl sites for hydroxylation is 1. The lowest BCUT2D eigenvalue weighted by Gasteiger charge is -2.09. The minimum Gasteiger partial charge on any atom is -0.363 e. The Morgan fingerprint density at radius 1 is 1.35 bits per heavy atom. The van der Waals surface area contributed by atoms with Crippen LogP contribution in [0, 0.1) is 11.3 Å². The molecule has 7 heteroatoms. The number of benzene rings is 1. The van der Waals surface area contributed by atoms with Crippen LogP contribution in [0.1, 0.15) is 11.1 Å². The first-order valence-corrected chi connectivity index (χ1v) is 7.13. The molecule has 0 spiro atoms. The van der Waals surface area contributed by atoms with Crippen molar-refractivity contribution in [1.29, 1.82) is 5.26 Å². The smallest absolute Gasteiger partial charge is 0.180 e. The molecule has 0 saturated carbocycles. The fourth-order valence-corrected chi connectivity index (χ4v) is 2.60. The van der Waals surface area contributed by atoms with E-state index in [1.807, 2.05) is 36.1 Å². The van der Waals surface area contributed by atoms with Gasteiger partial charge in [0, 0.05) is 37.7 Å². The monoisotopic (exact) mass is 303 g/mol. The molecule has 0 aliphatic carbocycles. The molecule has 1 aromatic carbocycles. The summed E-state index contributed by atoms with van der Waals surface area (Å²) < 4.78 is 3.73. The predicted molar refractivity (Wildman–Crippen MR) is 85.7 cm³/mol. The molecule has 0 radical (unpaired) electrons. The van der Waals surface area contributed by atoms with Gasteiger partial charge in [0.25, 0.3) is 0 Å². The van der Waals surface area contributed by atoms with E-state index >= 15 is 0 Å². The van der Waals surface area contributed by atoms with Crippen LogP contribution in [-0.4, -0.2) is 24.1 Å². The van der Waals surface area contributed by atoms with Crippen molar-refractivity contribution in [1.82, 2.24) is 24.1 Å². The molecule has 3 aromatic heterocycles. The van der Waals surface area contributed by atoms with Crippen LogP contribution >= 0.6 is 0 Å². The summed E-state index contributed by atoms with van der Waals surface area (Å²) in [4.78, 5) is 9.01. The zero-order chi connectivity index (χ0) is 15.8. The number of nitrogens with zero attached hydrogens (tertiary/aromatic N) is 6.